The van der Waals surface area contributed by atoms with E-state index < -0.39 is 0 Å². The van der Waals surface area contributed by atoms with Gasteiger partial charge in [0.15, 0.2) is 0 Å². The Morgan fingerprint density at radius 2 is 2.00 bits per heavy atom. The number of carbonyl (C=O) groups is 1. The van der Waals surface area contributed by atoms with Crippen LogP contribution in [-0.2, 0) is 16.1 Å². The topological polar surface area (TPSA) is 52.3 Å². The summed E-state index contributed by atoms with van der Waals surface area (Å²) in [6.07, 6.45) is 6.71. The number of rotatable bonds is 3. The monoisotopic (exact) mass is 367 g/mol. The van der Waals surface area contributed by atoms with Gasteiger partial charge in [0.25, 0.3) is 0 Å². The minimum absolute atomic E-state index is 0.00887. The molecule has 4 bridgehead atoms. The van der Waals surface area contributed by atoms with E-state index in [1.165, 1.54) is 19.3 Å². The number of hydrogen-bond donors (Lipinski definition) is 0. The van der Waals surface area contributed by atoms with Crippen LogP contribution >= 0.6 is 15.9 Å². The van der Waals surface area contributed by atoms with Crippen molar-refractivity contribution in [3.63, 3.8) is 0 Å². The van der Waals surface area contributed by atoms with E-state index in [1.807, 2.05) is 13.8 Å². The smallest absolute Gasteiger partial charge is 0.312 e. The quantitative estimate of drug-likeness (QED) is 0.596. The van der Waals surface area contributed by atoms with Gasteiger partial charge in [-0.2, -0.15) is 0 Å². The molecule has 5 rings (SSSR count). The number of hydrogen-bond acceptors (Lipinski definition) is 4. The van der Waals surface area contributed by atoms with Crippen molar-refractivity contribution in [1.82, 2.24) is 5.16 Å². The molecule has 0 N–H and O–H groups in total. The van der Waals surface area contributed by atoms with Crippen molar-refractivity contribution in [1.29, 1.82) is 0 Å². The Morgan fingerprint density at radius 1 is 1.32 bits per heavy atom. The van der Waals surface area contributed by atoms with Crippen LogP contribution in [0.25, 0.3) is 0 Å². The molecular weight excluding hydrogens is 346 g/mol. The van der Waals surface area contributed by atoms with Crippen molar-refractivity contribution in [2.75, 3.05) is 0 Å². The van der Waals surface area contributed by atoms with Gasteiger partial charge in [0.1, 0.15) is 12.4 Å². The predicted molar refractivity (Wildman–Crippen MR) is 84.5 cm³/mol. The third-order valence-corrected chi connectivity index (χ3v) is 6.88. The third-order valence-electron chi connectivity index (χ3n) is 5.95. The molecule has 0 aromatic carbocycles. The molecule has 4 aliphatic rings. The van der Waals surface area contributed by atoms with Gasteiger partial charge in [-0.25, -0.2) is 0 Å². The van der Waals surface area contributed by atoms with E-state index in [4.69, 9.17) is 9.26 Å². The molecule has 22 heavy (non-hydrogen) atoms. The van der Waals surface area contributed by atoms with Gasteiger partial charge in [0.05, 0.1) is 16.7 Å². The fraction of sp³-hybridized carbons (Fsp3) is 0.765. The van der Waals surface area contributed by atoms with E-state index >= 15 is 0 Å². The fourth-order valence-electron chi connectivity index (χ4n) is 5.39. The van der Waals surface area contributed by atoms with Crippen molar-refractivity contribution in [3.8, 4) is 0 Å². The van der Waals surface area contributed by atoms with Gasteiger partial charge in [0, 0.05) is 4.32 Å². The van der Waals surface area contributed by atoms with Crippen LogP contribution in [0.15, 0.2) is 4.52 Å². The molecule has 0 unspecified atom stereocenters. The second-order valence-corrected chi connectivity index (χ2v) is 9.45. The molecule has 5 heteroatoms. The SMILES string of the molecule is Cc1noc(C)c1COC(=O)C12C[C@H]3C[C@@H](CC(Br)(C3)C1)C2. The number of aryl methyl sites for hydroxylation is 2. The maximum Gasteiger partial charge on any atom is 0.312 e. The lowest BCUT2D eigenvalue weighted by molar-refractivity contribution is -0.170. The lowest BCUT2D eigenvalue weighted by Crippen LogP contribution is -2.56. The molecule has 1 heterocycles. The maximum atomic E-state index is 12.9. The standard InChI is InChI=1S/C17H22BrNO3/c1-10-14(11(2)22-19-10)8-21-15(20)16-4-12-3-13(5-16)7-17(18,6-12)9-16/h12-13H,3-9H2,1-2H3/t12-,13-,16?,17?/m1/s1. The average molecular weight is 368 g/mol. The molecule has 2 atom stereocenters. The highest BCUT2D eigenvalue weighted by atomic mass is 79.9. The molecule has 4 aliphatic carbocycles. The molecule has 0 aliphatic heterocycles. The van der Waals surface area contributed by atoms with E-state index in [0.717, 1.165) is 36.3 Å². The summed E-state index contributed by atoms with van der Waals surface area (Å²) in [6.45, 7) is 4.03. The molecule has 0 amide bonds. The zero-order valence-electron chi connectivity index (χ0n) is 13.2. The Hall–Kier alpha value is -0.840. The number of aromatic nitrogens is 1. The average Bonchev–Trinajstić information content (AvgIpc) is 2.72. The van der Waals surface area contributed by atoms with Gasteiger partial charge in [-0.3, -0.25) is 4.79 Å². The van der Waals surface area contributed by atoms with E-state index in [1.54, 1.807) is 0 Å². The van der Waals surface area contributed by atoms with E-state index in [-0.39, 0.29) is 22.3 Å². The molecule has 1 aromatic rings. The first-order valence-electron chi connectivity index (χ1n) is 8.17. The van der Waals surface area contributed by atoms with Crippen LogP contribution in [0, 0.1) is 31.1 Å². The Balaban J connectivity index is 1.51. The van der Waals surface area contributed by atoms with Crippen molar-refractivity contribution in [2.24, 2.45) is 17.3 Å². The first-order chi connectivity index (χ1) is 10.4. The molecule has 4 nitrogen and oxygen atoms in total. The number of alkyl halides is 1. The van der Waals surface area contributed by atoms with Gasteiger partial charge in [-0.15, -0.1) is 0 Å². The van der Waals surface area contributed by atoms with Crippen molar-refractivity contribution in [3.05, 3.63) is 17.0 Å². The zero-order valence-corrected chi connectivity index (χ0v) is 14.7. The Labute approximate surface area is 139 Å². The van der Waals surface area contributed by atoms with Crippen molar-refractivity contribution >= 4 is 21.9 Å². The van der Waals surface area contributed by atoms with Crippen molar-refractivity contribution in [2.45, 2.75) is 63.3 Å². The second-order valence-electron chi connectivity index (χ2n) is 7.77. The first-order valence-corrected chi connectivity index (χ1v) is 8.96. The summed E-state index contributed by atoms with van der Waals surface area (Å²) >= 11 is 3.94. The minimum atomic E-state index is -0.257. The van der Waals surface area contributed by atoms with Crippen LogP contribution < -0.4 is 0 Å². The van der Waals surface area contributed by atoms with Crippen LogP contribution in [0.3, 0.4) is 0 Å². The van der Waals surface area contributed by atoms with Crippen LogP contribution in [-0.4, -0.2) is 15.5 Å². The molecule has 0 saturated heterocycles. The first kappa shape index (κ1) is 14.7. The predicted octanol–water partition coefficient (Wildman–Crippen LogP) is 4.07. The number of nitrogens with zero attached hydrogens (tertiary/aromatic N) is 1. The van der Waals surface area contributed by atoms with E-state index in [9.17, 15) is 4.79 Å². The summed E-state index contributed by atoms with van der Waals surface area (Å²) in [7, 11) is 0. The van der Waals surface area contributed by atoms with Gasteiger partial charge < -0.3 is 9.26 Å². The number of esters is 1. The molecule has 0 radical (unpaired) electrons. The summed E-state index contributed by atoms with van der Waals surface area (Å²) < 4.78 is 11.0. The minimum Gasteiger partial charge on any atom is -0.460 e. The van der Waals surface area contributed by atoms with Crippen LogP contribution in [0.4, 0.5) is 0 Å². The summed E-state index contributed by atoms with van der Waals surface area (Å²) in [4.78, 5) is 12.9. The third kappa shape index (κ3) is 2.24. The van der Waals surface area contributed by atoms with Crippen LogP contribution in [0.5, 0.6) is 0 Å². The number of ether oxygens (including phenoxy) is 1. The Kier molecular flexibility index (Phi) is 3.23. The molecule has 120 valence electrons. The zero-order chi connectivity index (χ0) is 15.5. The number of carbonyl (C=O) groups excluding carboxylic acids is 1. The van der Waals surface area contributed by atoms with Crippen LogP contribution in [0.1, 0.15) is 55.5 Å². The van der Waals surface area contributed by atoms with Gasteiger partial charge >= 0.3 is 5.97 Å². The maximum absolute atomic E-state index is 12.9. The lowest BCUT2D eigenvalue weighted by Gasteiger charge is -2.58. The van der Waals surface area contributed by atoms with E-state index in [0.29, 0.717) is 11.8 Å². The Bertz CT molecular complexity index is 590. The van der Waals surface area contributed by atoms with Gasteiger partial charge in [0.2, 0.25) is 0 Å². The Morgan fingerprint density at radius 3 is 2.55 bits per heavy atom. The summed E-state index contributed by atoms with van der Waals surface area (Å²) in [6, 6.07) is 0. The normalized spacial score (nSPS) is 39.2. The second kappa shape index (κ2) is 4.83. The lowest BCUT2D eigenvalue weighted by atomic mass is 9.49. The van der Waals surface area contributed by atoms with Gasteiger partial charge in [-0.05, 0) is 64.2 Å². The molecule has 4 saturated carbocycles. The summed E-state index contributed by atoms with van der Waals surface area (Å²) in [5.41, 5.74) is 1.46. The van der Waals surface area contributed by atoms with Crippen LogP contribution in [0.2, 0.25) is 0 Å². The molecule has 1 aromatic heterocycles. The molecule has 4 fully saturated rings. The largest absolute Gasteiger partial charge is 0.460 e. The summed E-state index contributed by atoms with van der Waals surface area (Å²) in [5, 5.41) is 3.92. The fourth-order valence-corrected chi connectivity index (χ4v) is 6.84. The molecule has 0 spiro atoms. The highest BCUT2D eigenvalue weighted by molar-refractivity contribution is 9.10. The van der Waals surface area contributed by atoms with Crippen molar-refractivity contribution < 1.29 is 14.1 Å². The highest BCUT2D eigenvalue weighted by Crippen LogP contribution is 2.64. The summed E-state index contributed by atoms with van der Waals surface area (Å²) in [5.74, 6) is 2.11. The highest BCUT2D eigenvalue weighted by Gasteiger charge is 2.60. The van der Waals surface area contributed by atoms with Gasteiger partial charge in [-0.1, -0.05) is 21.1 Å². The number of halogens is 1. The molecular formula is C17H22BrNO3. The van der Waals surface area contributed by atoms with E-state index in [2.05, 4.69) is 21.1 Å².